The van der Waals surface area contributed by atoms with E-state index in [4.69, 9.17) is 14.2 Å². The fourth-order valence-corrected chi connectivity index (χ4v) is 4.12. The predicted molar refractivity (Wildman–Crippen MR) is 135 cm³/mol. The second kappa shape index (κ2) is 11.8. The predicted octanol–water partition coefficient (Wildman–Crippen LogP) is 1.78. The fraction of sp³-hybridized carbons (Fsp3) is 0.385. The van der Waals surface area contributed by atoms with Crippen LogP contribution in [0.4, 0.5) is 5.82 Å². The number of amides is 1. The van der Waals surface area contributed by atoms with Gasteiger partial charge in [-0.25, -0.2) is 9.97 Å². The number of carbonyl (C=O) groups is 1. The van der Waals surface area contributed by atoms with E-state index in [2.05, 4.69) is 26.7 Å². The van der Waals surface area contributed by atoms with Crippen LogP contribution in [-0.2, 0) is 14.3 Å². The third kappa shape index (κ3) is 5.89. The van der Waals surface area contributed by atoms with Gasteiger partial charge >= 0.3 is 0 Å². The molecule has 1 atom stereocenters. The van der Waals surface area contributed by atoms with Gasteiger partial charge in [0.15, 0.2) is 0 Å². The number of aliphatic hydroxyl groups excluding tert-OH is 1. The molecule has 11 heteroatoms. The molecule has 0 radical (unpaired) electrons. The van der Waals surface area contributed by atoms with Crippen LogP contribution in [0.15, 0.2) is 54.5 Å². The molecule has 1 fully saturated rings. The SMILES string of the molecule is COC1(Nc2cc(-c3ccc(OC4CCOCC4)c(C#N)c3)ncn2)NC=CC=C1C(=O)N(C)CCO. The molecule has 37 heavy (non-hydrogen) atoms. The lowest BCUT2D eigenvalue weighted by molar-refractivity contribution is -0.129. The van der Waals surface area contributed by atoms with E-state index < -0.39 is 5.85 Å². The molecule has 194 valence electrons. The average Bonchev–Trinajstić information content (AvgIpc) is 2.94. The number of likely N-dealkylation sites (N-methyl/N-ethyl adjacent to an activating group) is 1. The molecular weight excluding hydrogens is 476 g/mol. The van der Waals surface area contributed by atoms with E-state index in [9.17, 15) is 15.2 Å². The largest absolute Gasteiger partial charge is 0.489 e. The molecule has 4 rings (SSSR count). The van der Waals surface area contributed by atoms with E-state index in [1.165, 1.54) is 18.3 Å². The summed E-state index contributed by atoms with van der Waals surface area (Å²) in [4.78, 5) is 23.1. The Hall–Kier alpha value is -3.98. The number of aliphatic hydroxyl groups is 1. The molecule has 1 aromatic heterocycles. The maximum absolute atomic E-state index is 13.1. The Bertz CT molecular complexity index is 1220. The molecule has 11 nitrogen and oxygen atoms in total. The zero-order valence-corrected chi connectivity index (χ0v) is 20.8. The molecule has 1 saturated heterocycles. The molecule has 0 bridgehead atoms. The van der Waals surface area contributed by atoms with Gasteiger partial charge in [0.2, 0.25) is 0 Å². The summed E-state index contributed by atoms with van der Waals surface area (Å²) >= 11 is 0. The number of ether oxygens (including phenoxy) is 3. The van der Waals surface area contributed by atoms with E-state index in [1.54, 1.807) is 43.6 Å². The third-order valence-corrected chi connectivity index (χ3v) is 6.17. The monoisotopic (exact) mass is 506 g/mol. The van der Waals surface area contributed by atoms with Crippen LogP contribution in [0.3, 0.4) is 0 Å². The van der Waals surface area contributed by atoms with Crippen LogP contribution in [-0.4, -0.2) is 78.4 Å². The number of hydrogen-bond donors (Lipinski definition) is 3. The van der Waals surface area contributed by atoms with Crippen molar-refractivity contribution < 1.29 is 24.1 Å². The normalized spacial score (nSPS) is 19.4. The molecule has 2 aliphatic rings. The highest BCUT2D eigenvalue weighted by Crippen LogP contribution is 2.30. The van der Waals surface area contributed by atoms with E-state index in [0.717, 1.165) is 12.8 Å². The van der Waals surface area contributed by atoms with Crippen LogP contribution in [0.25, 0.3) is 11.3 Å². The molecular formula is C26H30N6O5. The average molecular weight is 507 g/mol. The molecule has 3 heterocycles. The van der Waals surface area contributed by atoms with Crippen LogP contribution in [0.5, 0.6) is 5.75 Å². The maximum Gasteiger partial charge on any atom is 0.256 e. The zero-order chi connectivity index (χ0) is 26.3. The maximum atomic E-state index is 13.1. The highest BCUT2D eigenvalue weighted by atomic mass is 16.5. The molecule has 1 amide bonds. The molecule has 0 aliphatic carbocycles. The Morgan fingerprint density at radius 2 is 2.16 bits per heavy atom. The third-order valence-electron chi connectivity index (χ3n) is 6.17. The van der Waals surface area contributed by atoms with E-state index >= 15 is 0 Å². The topological polar surface area (TPSA) is 142 Å². The first-order chi connectivity index (χ1) is 18.0. The zero-order valence-electron chi connectivity index (χ0n) is 20.8. The lowest BCUT2D eigenvalue weighted by atomic mass is 10.0. The smallest absolute Gasteiger partial charge is 0.256 e. The van der Waals surface area contributed by atoms with Gasteiger partial charge in [0.1, 0.15) is 30.1 Å². The molecule has 1 unspecified atom stereocenters. The van der Waals surface area contributed by atoms with Gasteiger partial charge in [0, 0.05) is 51.4 Å². The Kier molecular flexibility index (Phi) is 8.35. The van der Waals surface area contributed by atoms with Gasteiger partial charge in [-0.15, -0.1) is 0 Å². The van der Waals surface area contributed by atoms with Crippen molar-refractivity contribution in [3.05, 3.63) is 60.1 Å². The minimum absolute atomic E-state index is 0.0187. The van der Waals surface area contributed by atoms with Gasteiger partial charge in [0.05, 0.1) is 36.7 Å². The number of hydrogen-bond acceptors (Lipinski definition) is 10. The van der Waals surface area contributed by atoms with Gasteiger partial charge in [-0.05, 0) is 30.4 Å². The van der Waals surface area contributed by atoms with Crippen molar-refractivity contribution in [1.29, 1.82) is 5.26 Å². The minimum Gasteiger partial charge on any atom is -0.489 e. The molecule has 2 aromatic rings. The van der Waals surface area contributed by atoms with Gasteiger partial charge in [0.25, 0.3) is 11.8 Å². The molecule has 0 spiro atoms. The van der Waals surface area contributed by atoms with E-state index in [-0.39, 0.29) is 30.7 Å². The van der Waals surface area contributed by atoms with Gasteiger partial charge < -0.3 is 34.9 Å². The van der Waals surface area contributed by atoms with Crippen molar-refractivity contribution in [3.63, 3.8) is 0 Å². The van der Waals surface area contributed by atoms with Crippen molar-refractivity contribution in [2.45, 2.75) is 24.8 Å². The second-order valence-electron chi connectivity index (χ2n) is 8.59. The highest BCUT2D eigenvalue weighted by Gasteiger charge is 2.40. The first-order valence-electron chi connectivity index (χ1n) is 12.0. The quantitative estimate of drug-likeness (QED) is 0.431. The van der Waals surface area contributed by atoms with Crippen molar-refractivity contribution in [1.82, 2.24) is 20.2 Å². The first kappa shape index (κ1) is 26.1. The van der Waals surface area contributed by atoms with Crippen molar-refractivity contribution >= 4 is 11.7 Å². The molecule has 1 aromatic carbocycles. The molecule has 0 saturated carbocycles. The summed E-state index contributed by atoms with van der Waals surface area (Å²) in [5.74, 6) is -0.810. The minimum atomic E-state index is -1.40. The Balaban J connectivity index is 1.58. The van der Waals surface area contributed by atoms with Crippen LogP contribution in [0, 0.1) is 11.3 Å². The van der Waals surface area contributed by atoms with E-state index in [1.807, 2.05) is 6.07 Å². The van der Waals surface area contributed by atoms with Crippen molar-refractivity contribution in [2.24, 2.45) is 0 Å². The van der Waals surface area contributed by atoms with Crippen LogP contribution >= 0.6 is 0 Å². The number of nitrogens with zero attached hydrogens (tertiary/aromatic N) is 4. The number of nitriles is 1. The van der Waals surface area contributed by atoms with Crippen LogP contribution in [0.1, 0.15) is 18.4 Å². The summed E-state index contributed by atoms with van der Waals surface area (Å²) < 4.78 is 17.2. The summed E-state index contributed by atoms with van der Waals surface area (Å²) in [6.45, 7) is 1.31. The number of anilines is 1. The van der Waals surface area contributed by atoms with Crippen LogP contribution in [0.2, 0.25) is 0 Å². The van der Waals surface area contributed by atoms with Crippen molar-refractivity contribution in [2.75, 3.05) is 45.8 Å². The second-order valence-corrected chi connectivity index (χ2v) is 8.59. The number of carbonyl (C=O) groups excluding carboxylic acids is 1. The number of dihydropyridines is 1. The van der Waals surface area contributed by atoms with E-state index in [0.29, 0.717) is 41.6 Å². The van der Waals surface area contributed by atoms with Crippen LogP contribution < -0.4 is 15.4 Å². The summed E-state index contributed by atoms with van der Waals surface area (Å²) in [6, 6.07) is 9.26. The first-order valence-corrected chi connectivity index (χ1v) is 12.0. The summed E-state index contributed by atoms with van der Waals surface area (Å²) in [5.41, 5.74) is 1.97. The van der Waals surface area contributed by atoms with Gasteiger partial charge in [-0.3, -0.25) is 4.79 Å². The molecule has 2 aliphatic heterocycles. The number of rotatable bonds is 9. The fourth-order valence-electron chi connectivity index (χ4n) is 4.12. The summed E-state index contributed by atoms with van der Waals surface area (Å²) in [5, 5.41) is 25.2. The number of aromatic nitrogens is 2. The standard InChI is InChI=1S/C26H30N6O5/c1-32(10-11-33)25(34)21-4-3-9-30-26(21,35-2)31-24-15-22(28-17-29-24)18-5-6-23(19(14-18)16-27)37-20-7-12-36-13-8-20/h3-6,9,14-15,17,20,30,33H,7-8,10-13H2,1-2H3,(H,28,29,31). The number of nitrogens with one attached hydrogen (secondary N) is 2. The Morgan fingerprint density at radius 3 is 2.89 bits per heavy atom. The lowest BCUT2D eigenvalue weighted by Gasteiger charge is -2.38. The number of methoxy groups -OCH3 is 1. The Morgan fingerprint density at radius 1 is 1.35 bits per heavy atom. The van der Waals surface area contributed by atoms with Crippen molar-refractivity contribution in [3.8, 4) is 23.1 Å². The Labute approximate surface area is 215 Å². The molecule has 3 N–H and O–H groups in total. The summed E-state index contributed by atoms with van der Waals surface area (Å²) in [7, 11) is 3.06. The van der Waals surface area contributed by atoms with Gasteiger partial charge in [-0.1, -0.05) is 0 Å². The highest BCUT2D eigenvalue weighted by molar-refractivity contribution is 5.96. The summed E-state index contributed by atoms with van der Waals surface area (Å²) in [6.07, 6.45) is 7.96. The number of allylic oxidation sites excluding steroid dienone is 2. The lowest BCUT2D eigenvalue weighted by Crippen LogP contribution is -2.57. The number of benzene rings is 1. The van der Waals surface area contributed by atoms with Gasteiger partial charge in [-0.2, -0.15) is 5.26 Å².